The van der Waals surface area contributed by atoms with Crippen LogP contribution in [-0.2, 0) is 4.79 Å². The molecule has 2 saturated heterocycles. The SMILES string of the molecule is CCCC(=O)N1CCCC(CN2CCNCC2)C1. The average Bonchev–Trinajstić information content (AvgIpc) is 2.40. The summed E-state index contributed by atoms with van der Waals surface area (Å²) < 4.78 is 0. The second kappa shape index (κ2) is 7.10. The number of amides is 1. The molecule has 1 unspecified atom stereocenters. The van der Waals surface area contributed by atoms with E-state index in [1.807, 2.05) is 0 Å². The molecule has 2 rings (SSSR count). The van der Waals surface area contributed by atoms with Crippen LogP contribution in [0.1, 0.15) is 32.6 Å². The van der Waals surface area contributed by atoms with Crippen LogP contribution in [0.2, 0.25) is 0 Å². The lowest BCUT2D eigenvalue weighted by Crippen LogP contribution is -2.48. The summed E-state index contributed by atoms with van der Waals surface area (Å²) in [6.45, 7) is 9.80. The fourth-order valence-electron chi connectivity index (χ4n) is 3.07. The number of piperidine rings is 1. The number of nitrogens with one attached hydrogen (secondary N) is 1. The summed E-state index contributed by atoms with van der Waals surface area (Å²) in [5, 5.41) is 3.39. The molecular weight excluding hydrogens is 226 g/mol. The fraction of sp³-hybridized carbons (Fsp3) is 0.929. The van der Waals surface area contributed by atoms with Crippen LogP contribution in [0, 0.1) is 5.92 Å². The maximum atomic E-state index is 11.9. The molecule has 1 atom stereocenters. The summed E-state index contributed by atoms with van der Waals surface area (Å²) in [7, 11) is 0. The first-order chi connectivity index (χ1) is 8.79. The zero-order chi connectivity index (χ0) is 12.8. The number of rotatable bonds is 4. The monoisotopic (exact) mass is 253 g/mol. The van der Waals surface area contributed by atoms with Crippen molar-refractivity contribution in [3.8, 4) is 0 Å². The summed E-state index contributed by atoms with van der Waals surface area (Å²) in [6.07, 6.45) is 4.17. The number of carbonyl (C=O) groups excluding carboxylic acids is 1. The molecule has 18 heavy (non-hydrogen) atoms. The Balaban J connectivity index is 1.77. The molecule has 0 aromatic rings. The molecule has 104 valence electrons. The van der Waals surface area contributed by atoms with E-state index in [-0.39, 0.29) is 0 Å². The highest BCUT2D eigenvalue weighted by atomic mass is 16.2. The third kappa shape index (κ3) is 3.95. The molecule has 0 spiro atoms. The van der Waals surface area contributed by atoms with Gasteiger partial charge in [-0.3, -0.25) is 4.79 Å². The van der Waals surface area contributed by atoms with Gasteiger partial charge in [0.1, 0.15) is 0 Å². The van der Waals surface area contributed by atoms with Gasteiger partial charge >= 0.3 is 0 Å². The standard InChI is InChI=1S/C14H27N3O/c1-2-4-14(18)17-8-3-5-13(12-17)11-16-9-6-15-7-10-16/h13,15H,2-12H2,1H3. The molecule has 4 heteroatoms. The number of hydrogen-bond donors (Lipinski definition) is 1. The topological polar surface area (TPSA) is 35.6 Å². The Hall–Kier alpha value is -0.610. The van der Waals surface area contributed by atoms with Gasteiger partial charge in [0.15, 0.2) is 0 Å². The van der Waals surface area contributed by atoms with Gasteiger partial charge in [0.05, 0.1) is 0 Å². The van der Waals surface area contributed by atoms with Crippen LogP contribution in [-0.4, -0.2) is 61.5 Å². The van der Waals surface area contributed by atoms with Crippen molar-refractivity contribution in [3.05, 3.63) is 0 Å². The summed E-state index contributed by atoms with van der Waals surface area (Å²) in [4.78, 5) is 16.6. The van der Waals surface area contributed by atoms with Gasteiger partial charge in [-0.2, -0.15) is 0 Å². The summed E-state index contributed by atoms with van der Waals surface area (Å²) >= 11 is 0. The Morgan fingerprint density at radius 2 is 2.06 bits per heavy atom. The van der Waals surface area contributed by atoms with Crippen molar-refractivity contribution in [1.29, 1.82) is 0 Å². The quantitative estimate of drug-likeness (QED) is 0.809. The van der Waals surface area contributed by atoms with Crippen LogP contribution < -0.4 is 5.32 Å². The van der Waals surface area contributed by atoms with Gasteiger partial charge < -0.3 is 15.1 Å². The van der Waals surface area contributed by atoms with Crippen molar-refractivity contribution in [1.82, 2.24) is 15.1 Å². The molecular formula is C14H27N3O. The van der Waals surface area contributed by atoms with Crippen molar-refractivity contribution >= 4 is 5.91 Å². The maximum Gasteiger partial charge on any atom is 0.222 e. The lowest BCUT2D eigenvalue weighted by molar-refractivity contribution is -0.133. The summed E-state index contributed by atoms with van der Waals surface area (Å²) in [5.41, 5.74) is 0. The minimum Gasteiger partial charge on any atom is -0.342 e. The molecule has 0 aliphatic carbocycles. The molecule has 0 saturated carbocycles. The number of nitrogens with zero attached hydrogens (tertiary/aromatic N) is 2. The average molecular weight is 253 g/mol. The predicted octanol–water partition coefficient (Wildman–Crippen LogP) is 0.930. The first kappa shape index (κ1) is 13.8. The first-order valence-electron chi connectivity index (χ1n) is 7.50. The zero-order valence-corrected chi connectivity index (χ0v) is 11.7. The summed E-state index contributed by atoms with van der Waals surface area (Å²) in [5.74, 6) is 1.06. The van der Waals surface area contributed by atoms with E-state index in [1.165, 1.54) is 32.5 Å². The van der Waals surface area contributed by atoms with Crippen molar-refractivity contribution < 1.29 is 4.79 Å². The Kier molecular flexibility index (Phi) is 5.45. The Bertz CT molecular complexity index is 264. The van der Waals surface area contributed by atoms with E-state index < -0.39 is 0 Å². The van der Waals surface area contributed by atoms with Crippen LogP contribution in [0.25, 0.3) is 0 Å². The number of likely N-dealkylation sites (tertiary alicyclic amines) is 1. The normalized spacial score (nSPS) is 26.3. The zero-order valence-electron chi connectivity index (χ0n) is 11.7. The van der Waals surface area contributed by atoms with Gasteiger partial charge in [0, 0.05) is 52.2 Å². The molecule has 1 N–H and O–H groups in total. The molecule has 0 radical (unpaired) electrons. The Labute approximate surface area is 111 Å². The molecule has 4 nitrogen and oxygen atoms in total. The van der Waals surface area contributed by atoms with Crippen molar-refractivity contribution in [2.75, 3.05) is 45.8 Å². The molecule has 2 aliphatic rings. The molecule has 0 aromatic heterocycles. The van der Waals surface area contributed by atoms with Crippen LogP contribution in [0.15, 0.2) is 0 Å². The largest absolute Gasteiger partial charge is 0.342 e. The van der Waals surface area contributed by atoms with Crippen LogP contribution in [0.5, 0.6) is 0 Å². The highest BCUT2D eigenvalue weighted by Gasteiger charge is 2.25. The van der Waals surface area contributed by atoms with Gasteiger partial charge in [-0.1, -0.05) is 6.92 Å². The van der Waals surface area contributed by atoms with E-state index in [0.29, 0.717) is 11.8 Å². The first-order valence-corrected chi connectivity index (χ1v) is 7.50. The minimum atomic E-state index is 0.363. The third-order valence-corrected chi connectivity index (χ3v) is 4.06. The minimum absolute atomic E-state index is 0.363. The highest BCUT2D eigenvalue weighted by Crippen LogP contribution is 2.18. The predicted molar refractivity (Wildman–Crippen MR) is 73.5 cm³/mol. The molecule has 2 aliphatic heterocycles. The maximum absolute atomic E-state index is 11.9. The van der Waals surface area contributed by atoms with E-state index in [0.717, 1.165) is 39.0 Å². The van der Waals surface area contributed by atoms with E-state index in [1.54, 1.807) is 0 Å². The van der Waals surface area contributed by atoms with Gasteiger partial charge in [-0.15, -0.1) is 0 Å². The van der Waals surface area contributed by atoms with E-state index >= 15 is 0 Å². The molecule has 1 amide bonds. The second-order valence-electron chi connectivity index (χ2n) is 5.65. The van der Waals surface area contributed by atoms with E-state index in [9.17, 15) is 4.79 Å². The fourth-order valence-corrected chi connectivity index (χ4v) is 3.07. The van der Waals surface area contributed by atoms with Crippen molar-refractivity contribution in [2.45, 2.75) is 32.6 Å². The van der Waals surface area contributed by atoms with Crippen LogP contribution in [0.4, 0.5) is 0 Å². The Morgan fingerprint density at radius 3 is 2.78 bits per heavy atom. The van der Waals surface area contributed by atoms with Gasteiger partial charge in [-0.25, -0.2) is 0 Å². The Morgan fingerprint density at radius 1 is 1.28 bits per heavy atom. The highest BCUT2D eigenvalue weighted by molar-refractivity contribution is 5.76. The van der Waals surface area contributed by atoms with Crippen LogP contribution >= 0.6 is 0 Å². The molecule has 2 heterocycles. The lowest BCUT2D eigenvalue weighted by Gasteiger charge is -2.37. The van der Waals surface area contributed by atoms with Crippen molar-refractivity contribution in [2.24, 2.45) is 5.92 Å². The van der Waals surface area contributed by atoms with Crippen molar-refractivity contribution in [3.63, 3.8) is 0 Å². The van der Waals surface area contributed by atoms with E-state index in [4.69, 9.17) is 0 Å². The van der Waals surface area contributed by atoms with Gasteiger partial charge in [0.2, 0.25) is 5.91 Å². The number of hydrogen-bond acceptors (Lipinski definition) is 3. The third-order valence-electron chi connectivity index (χ3n) is 4.06. The van der Waals surface area contributed by atoms with Gasteiger partial charge in [0.25, 0.3) is 0 Å². The second-order valence-corrected chi connectivity index (χ2v) is 5.65. The number of piperazine rings is 1. The lowest BCUT2D eigenvalue weighted by atomic mass is 9.96. The van der Waals surface area contributed by atoms with Gasteiger partial charge in [-0.05, 0) is 25.2 Å². The number of carbonyl (C=O) groups is 1. The molecule has 2 fully saturated rings. The summed E-state index contributed by atoms with van der Waals surface area (Å²) in [6, 6.07) is 0. The molecule has 0 bridgehead atoms. The van der Waals surface area contributed by atoms with E-state index in [2.05, 4.69) is 22.0 Å². The molecule has 0 aromatic carbocycles. The van der Waals surface area contributed by atoms with Crippen LogP contribution in [0.3, 0.4) is 0 Å². The smallest absolute Gasteiger partial charge is 0.222 e.